The summed E-state index contributed by atoms with van der Waals surface area (Å²) < 4.78 is 0. The van der Waals surface area contributed by atoms with Crippen molar-refractivity contribution in [2.45, 2.75) is 92.0 Å². The van der Waals surface area contributed by atoms with Gasteiger partial charge in [-0.25, -0.2) is 0 Å². The molecule has 0 radical (unpaired) electrons. The Morgan fingerprint density at radius 3 is 1.96 bits per heavy atom. The highest BCUT2D eigenvalue weighted by Crippen LogP contribution is 2.20. The summed E-state index contributed by atoms with van der Waals surface area (Å²) in [5, 5.41) is 0. The van der Waals surface area contributed by atoms with Crippen LogP contribution in [0.15, 0.2) is 30.3 Å². The predicted octanol–water partition coefficient (Wildman–Crippen LogP) is 7.31. The molecular weight excluding hydrogens is 302 g/mol. The maximum Gasteiger partial charge on any atom is 0.0233 e. The summed E-state index contributed by atoms with van der Waals surface area (Å²) in [6.07, 6.45) is 12.3. The van der Waals surface area contributed by atoms with E-state index in [9.17, 15) is 0 Å². The number of benzene rings is 1. The zero-order valence-electron chi connectivity index (χ0n) is 17.5. The van der Waals surface area contributed by atoms with E-state index >= 15 is 0 Å². The number of nitrogens with zero attached hydrogens (tertiary/aromatic N) is 1. The van der Waals surface area contributed by atoms with Crippen LogP contribution in [0.1, 0.15) is 91.0 Å². The van der Waals surface area contributed by atoms with Gasteiger partial charge in [0, 0.05) is 6.54 Å². The van der Waals surface area contributed by atoms with Crippen molar-refractivity contribution >= 4 is 0 Å². The van der Waals surface area contributed by atoms with E-state index in [1.54, 1.807) is 0 Å². The van der Waals surface area contributed by atoms with Crippen molar-refractivity contribution < 1.29 is 0 Å². The lowest BCUT2D eigenvalue weighted by Crippen LogP contribution is -2.27. The predicted molar refractivity (Wildman–Crippen MR) is 113 cm³/mol. The van der Waals surface area contributed by atoms with Crippen LogP contribution in [0.2, 0.25) is 0 Å². The van der Waals surface area contributed by atoms with Gasteiger partial charge in [0.1, 0.15) is 0 Å². The van der Waals surface area contributed by atoms with Crippen molar-refractivity contribution in [3.8, 4) is 0 Å². The third-order valence-corrected chi connectivity index (χ3v) is 5.89. The van der Waals surface area contributed by atoms with Crippen LogP contribution in [0, 0.1) is 11.8 Å². The fraction of sp³-hybridized carbons (Fsp3) is 0.750. The first-order chi connectivity index (χ1) is 12.2. The molecule has 0 amide bonds. The Kier molecular flexibility index (Phi) is 12.8. The van der Waals surface area contributed by atoms with Gasteiger partial charge in [-0.15, -0.1) is 0 Å². The van der Waals surface area contributed by atoms with Crippen LogP contribution in [0.4, 0.5) is 0 Å². The van der Waals surface area contributed by atoms with Crippen molar-refractivity contribution in [2.24, 2.45) is 11.8 Å². The molecule has 1 aromatic rings. The molecule has 0 aromatic heterocycles. The Balaban J connectivity index is 2.48. The Labute approximate surface area is 158 Å². The second-order valence-corrected chi connectivity index (χ2v) is 7.79. The minimum atomic E-state index is 0.895. The molecule has 0 N–H and O–H groups in total. The van der Waals surface area contributed by atoms with Gasteiger partial charge in [-0.05, 0) is 49.8 Å². The second kappa shape index (κ2) is 14.4. The molecule has 0 saturated carbocycles. The largest absolute Gasteiger partial charge is 0.299 e. The summed E-state index contributed by atoms with van der Waals surface area (Å²) in [4.78, 5) is 2.71. The number of hydrogen-bond donors (Lipinski definition) is 0. The Morgan fingerprint density at radius 1 is 0.720 bits per heavy atom. The van der Waals surface area contributed by atoms with E-state index < -0.39 is 0 Å². The van der Waals surface area contributed by atoms with Crippen LogP contribution in [0.25, 0.3) is 0 Å². The second-order valence-electron chi connectivity index (χ2n) is 7.79. The first kappa shape index (κ1) is 22.2. The summed E-state index contributed by atoms with van der Waals surface area (Å²) in [5.74, 6) is 1.84. The minimum Gasteiger partial charge on any atom is -0.299 e. The Bertz CT molecular complexity index is 396. The topological polar surface area (TPSA) is 3.24 Å². The minimum absolute atomic E-state index is 0.895. The molecule has 0 aliphatic rings. The van der Waals surface area contributed by atoms with E-state index in [1.165, 1.54) is 76.4 Å². The lowest BCUT2D eigenvalue weighted by Gasteiger charge is -2.25. The molecule has 0 aliphatic carbocycles. The van der Waals surface area contributed by atoms with Crippen LogP contribution in [0.5, 0.6) is 0 Å². The maximum absolute atomic E-state index is 2.71. The van der Waals surface area contributed by atoms with Gasteiger partial charge in [-0.2, -0.15) is 0 Å². The summed E-state index contributed by atoms with van der Waals surface area (Å²) in [6, 6.07) is 11.0. The van der Waals surface area contributed by atoms with Crippen molar-refractivity contribution in [2.75, 3.05) is 13.1 Å². The van der Waals surface area contributed by atoms with Crippen LogP contribution in [-0.2, 0) is 6.54 Å². The van der Waals surface area contributed by atoms with Gasteiger partial charge >= 0.3 is 0 Å². The van der Waals surface area contributed by atoms with Gasteiger partial charge in [-0.1, -0.05) is 96.6 Å². The third-order valence-electron chi connectivity index (χ3n) is 5.89. The molecule has 0 bridgehead atoms. The lowest BCUT2D eigenvalue weighted by molar-refractivity contribution is 0.228. The quantitative estimate of drug-likeness (QED) is 0.322. The molecule has 0 heterocycles. The number of unbranched alkanes of at least 4 members (excludes halogenated alkanes) is 1. The summed E-state index contributed by atoms with van der Waals surface area (Å²) in [6.45, 7) is 13.0. The zero-order valence-corrected chi connectivity index (χ0v) is 17.5. The summed E-state index contributed by atoms with van der Waals surface area (Å²) in [5.41, 5.74) is 1.46. The molecular formula is C24H43N. The third kappa shape index (κ3) is 10.0. The molecule has 1 nitrogen and oxygen atoms in total. The van der Waals surface area contributed by atoms with E-state index in [0.29, 0.717) is 0 Å². The van der Waals surface area contributed by atoms with Gasteiger partial charge < -0.3 is 0 Å². The molecule has 1 aromatic carbocycles. The fourth-order valence-electron chi connectivity index (χ4n) is 3.82. The fourth-order valence-corrected chi connectivity index (χ4v) is 3.82. The lowest BCUT2D eigenvalue weighted by atomic mass is 9.94. The van der Waals surface area contributed by atoms with Crippen molar-refractivity contribution in [3.05, 3.63) is 35.9 Å². The molecule has 1 atom stereocenters. The summed E-state index contributed by atoms with van der Waals surface area (Å²) in [7, 11) is 0. The van der Waals surface area contributed by atoms with E-state index in [0.717, 1.165) is 18.4 Å². The van der Waals surface area contributed by atoms with Crippen molar-refractivity contribution in [3.63, 3.8) is 0 Å². The van der Waals surface area contributed by atoms with Crippen molar-refractivity contribution in [1.82, 2.24) is 4.90 Å². The van der Waals surface area contributed by atoms with Crippen LogP contribution in [0.3, 0.4) is 0 Å². The van der Waals surface area contributed by atoms with Crippen LogP contribution in [-0.4, -0.2) is 18.0 Å². The molecule has 1 rings (SSSR count). The molecule has 25 heavy (non-hydrogen) atoms. The highest BCUT2D eigenvalue weighted by molar-refractivity contribution is 5.14. The zero-order chi connectivity index (χ0) is 18.3. The molecule has 0 fully saturated rings. The van der Waals surface area contributed by atoms with Crippen molar-refractivity contribution in [1.29, 1.82) is 0 Å². The van der Waals surface area contributed by atoms with Gasteiger partial charge in [-0.3, -0.25) is 4.90 Å². The molecule has 1 unspecified atom stereocenters. The average molecular weight is 346 g/mol. The molecule has 0 aliphatic heterocycles. The normalized spacial score (nSPS) is 12.9. The van der Waals surface area contributed by atoms with E-state index in [-0.39, 0.29) is 0 Å². The number of hydrogen-bond acceptors (Lipinski definition) is 1. The molecule has 144 valence electrons. The van der Waals surface area contributed by atoms with E-state index in [2.05, 4.69) is 62.9 Å². The van der Waals surface area contributed by atoms with Gasteiger partial charge in [0.25, 0.3) is 0 Å². The van der Waals surface area contributed by atoms with Gasteiger partial charge in [0.2, 0.25) is 0 Å². The smallest absolute Gasteiger partial charge is 0.0233 e. The van der Waals surface area contributed by atoms with Crippen LogP contribution >= 0.6 is 0 Å². The number of rotatable bonds is 15. The molecule has 0 saturated heterocycles. The standard InChI is InChI=1S/C24H43N/c1-5-9-14-23(8-4)17-13-19-25(20-18-22(6-2)7-3)21-24-15-11-10-12-16-24/h10-12,15-16,22-23H,5-9,13-14,17-21H2,1-4H3. The Morgan fingerprint density at radius 2 is 1.36 bits per heavy atom. The van der Waals surface area contributed by atoms with E-state index in [1.807, 2.05) is 0 Å². The van der Waals surface area contributed by atoms with E-state index in [4.69, 9.17) is 0 Å². The molecule has 1 heteroatoms. The first-order valence-corrected chi connectivity index (χ1v) is 11.0. The highest BCUT2D eigenvalue weighted by atomic mass is 15.1. The van der Waals surface area contributed by atoms with Crippen LogP contribution < -0.4 is 0 Å². The monoisotopic (exact) mass is 345 g/mol. The highest BCUT2D eigenvalue weighted by Gasteiger charge is 2.11. The maximum atomic E-state index is 2.71. The average Bonchev–Trinajstić information content (AvgIpc) is 2.65. The summed E-state index contributed by atoms with van der Waals surface area (Å²) >= 11 is 0. The van der Waals surface area contributed by atoms with Gasteiger partial charge in [0.05, 0.1) is 0 Å². The SMILES string of the molecule is CCCCC(CC)CCCN(CCC(CC)CC)Cc1ccccc1. The first-order valence-electron chi connectivity index (χ1n) is 11.0. The van der Waals surface area contributed by atoms with Gasteiger partial charge in [0.15, 0.2) is 0 Å². The Hall–Kier alpha value is -0.820. The molecule has 0 spiro atoms.